The smallest absolute Gasteiger partial charge is 0.422 e. The number of para-hydroxylation sites is 1. The number of hydrogen-bond donors (Lipinski definition) is 1. The van der Waals surface area contributed by atoms with Crippen LogP contribution in [0, 0.1) is 0 Å². The molecule has 2 heterocycles. The van der Waals surface area contributed by atoms with Gasteiger partial charge in [-0.1, -0.05) is 30.7 Å². The molecular formula is C21H21ClF3N3O3. The molecule has 0 aliphatic rings. The van der Waals surface area contributed by atoms with Gasteiger partial charge in [-0.2, -0.15) is 13.2 Å². The van der Waals surface area contributed by atoms with Gasteiger partial charge in [-0.3, -0.25) is 0 Å². The summed E-state index contributed by atoms with van der Waals surface area (Å²) in [6.45, 7) is 2.01. The lowest BCUT2D eigenvalue weighted by molar-refractivity contribution is -0.153. The highest BCUT2D eigenvalue weighted by atomic mass is 35.5. The number of fused-ring (bicyclic) bond motifs is 1. The van der Waals surface area contributed by atoms with Gasteiger partial charge in [0, 0.05) is 7.05 Å². The summed E-state index contributed by atoms with van der Waals surface area (Å²) >= 11 is 6.23. The van der Waals surface area contributed by atoms with Crippen LogP contribution in [0.5, 0.6) is 5.75 Å². The Morgan fingerprint density at radius 2 is 1.94 bits per heavy atom. The molecule has 166 valence electrons. The van der Waals surface area contributed by atoms with E-state index in [1.54, 1.807) is 37.3 Å². The summed E-state index contributed by atoms with van der Waals surface area (Å²) in [6.07, 6.45) is -4.05. The number of carbonyl (C=O) groups excluding carboxylic acids is 1. The minimum absolute atomic E-state index is 0.0615. The fraction of sp³-hybridized carbons (Fsp3) is 0.333. The summed E-state index contributed by atoms with van der Waals surface area (Å²) in [6, 6.07) is 8.66. The molecule has 0 unspecified atom stereocenters. The summed E-state index contributed by atoms with van der Waals surface area (Å²) in [7, 11) is 1.53. The van der Waals surface area contributed by atoms with E-state index in [0.29, 0.717) is 34.2 Å². The summed E-state index contributed by atoms with van der Waals surface area (Å²) in [5, 5.41) is 3.89. The van der Waals surface area contributed by atoms with Crippen LogP contribution in [-0.4, -0.2) is 34.9 Å². The van der Waals surface area contributed by atoms with Crippen molar-refractivity contribution in [3.63, 3.8) is 0 Å². The zero-order valence-corrected chi connectivity index (χ0v) is 17.9. The molecule has 0 bridgehead atoms. The summed E-state index contributed by atoms with van der Waals surface area (Å²) < 4.78 is 50.1. The Bertz CT molecular complexity index is 1110. The molecular weight excluding hydrogens is 435 g/mol. The number of halogens is 4. The second kappa shape index (κ2) is 9.05. The maximum atomic E-state index is 12.9. The van der Waals surface area contributed by atoms with Crippen molar-refractivity contribution in [1.29, 1.82) is 0 Å². The van der Waals surface area contributed by atoms with E-state index in [-0.39, 0.29) is 23.4 Å². The zero-order chi connectivity index (χ0) is 22.8. The Labute approximate surface area is 181 Å². The van der Waals surface area contributed by atoms with E-state index in [0.717, 1.165) is 0 Å². The predicted molar refractivity (Wildman–Crippen MR) is 112 cm³/mol. The van der Waals surface area contributed by atoms with Gasteiger partial charge in [0.1, 0.15) is 5.65 Å². The number of pyridine rings is 1. The fourth-order valence-corrected chi connectivity index (χ4v) is 3.35. The molecule has 10 heteroatoms. The van der Waals surface area contributed by atoms with E-state index in [1.807, 2.05) is 6.92 Å². The minimum Gasteiger partial charge on any atom is -0.481 e. The first kappa shape index (κ1) is 22.7. The number of esters is 1. The van der Waals surface area contributed by atoms with Gasteiger partial charge in [0.05, 0.1) is 34.1 Å². The first-order valence-electron chi connectivity index (χ1n) is 9.56. The zero-order valence-electron chi connectivity index (χ0n) is 17.1. The number of ether oxygens (including phenoxy) is 2. The van der Waals surface area contributed by atoms with Crippen molar-refractivity contribution >= 4 is 40.0 Å². The van der Waals surface area contributed by atoms with Crippen LogP contribution in [0.4, 0.5) is 24.5 Å². The molecule has 3 rings (SSSR count). The number of rotatable bonds is 7. The summed E-state index contributed by atoms with van der Waals surface area (Å²) in [5.74, 6) is -1.02. The van der Waals surface area contributed by atoms with Crippen LogP contribution in [0.25, 0.3) is 11.0 Å². The molecule has 0 amide bonds. The summed E-state index contributed by atoms with van der Waals surface area (Å²) in [4.78, 5) is 17.1. The van der Waals surface area contributed by atoms with Crippen LogP contribution in [0.15, 0.2) is 30.3 Å². The molecule has 3 aromatic rings. The van der Waals surface area contributed by atoms with Gasteiger partial charge in [0.2, 0.25) is 0 Å². The molecule has 0 radical (unpaired) electrons. The highest BCUT2D eigenvalue weighted by Crippen LogP contribution is 2.37. The van der Waals surface area contributed by atoms with Crippen LogP contribution in [0.2, 0.25) is 5.02 Å². The Balaban J connectivity index is 2.19. The molecule has 6 nitrogen and oxygen atoms in total. The van der Waals surface area contributed by atoms with E-state index in [9.17, 15) is 18.0 Å². The topological polar surface area (TPSA) is 65.4 Å². The number of nitrogens with zero attached hydrogens (tertiary/aromatic N) is 2. The van der Waals surface area contributed by atoms with E-state index in [4.69, 9.17) is 21.1 Å². The first-order valence-corrected chi connectivity index (χ1v) is 9.94. The van der Waals surface area contributed by atoms with Crippen LogP contribution in [0.3, 0.4) is 0 Å². The van der Waals surface area contributed by atoms with Crippen molar-refractivity contribution in [2.75, 3.05) is 18.5 Å². The highest BCUT2D eigenvalue weighted by molar-refractivity contribution is 6.33. The molecule has 0 spiro atoms. The SMILES string of the molecule is CCOC(=O)c1c(OCC(F)(F)F)c2cc(Nc3ccccc3Cl)c(CC)nc2n1C. The van der Waals surface area contributed by atoms with Crippen molar-refractivity contribution in [1.82, 2.24) is 9.55 Å². The van der Waals surface area contributed by atoms with Crippen molar-refractivity contribution in [3.05, 3.63) is 46.7 Å². The maximum Gasteiger partial charge on any atom is 0.422 e. The molecule has 1 aromatic carbocycles. The van der Waals surface area contributed by atoms with Gasteiger partial charge in [-0.15, -0.1) is 0 Å². The van der Waals surface area contributed by atoms with Crippen LogP contribution < -0.4 is 10.1 Å². The van der Waals surface area contributed by atoms with Crippen LogP contribution in [0.1, 0.15) is 30.0 Å². The lowest BCUT2D eigenvalue weighted by Gasteiger charge is -2.13. The number of aryl methyl sites for hydroxylation is 2. The van der Waals surface area contributed by atoms with Crippen molar-refractivity contribution in [2.24, 2.45) is 7.05 Å². The Kier molecular flexibility index (Phi) is 6.64. The molecule has 0 saturated heterocycles. The van der Waals surface area contributed by atoms with Crippen LogP contribution >= 0.6 is 11.6 Å². The molecule has 2 aromatic heterocycles. The first-order chi connectivity index (χ1) is 14.7. The van der Waals surface area contributed by atoms with E-state index >= 15 is 0 Å². The summed E-state index contributed by atoms with van der Waals surface area (Å²) in [5.41, 5.74) is 1.97. The van der Waals surface area contributed by atoms with Crippen molar-refractivity contribution in [2.45, 2.75) is 26.4 Å². The highest BCUT2D eigenvalue weighted by Gasteiger charge is 2.32. The number of nitrogens with one attached hydrogen (secondary N) is 1. The number of alkyl halides is 3. The third-order valence-electron chi connectivity index (χ3n) is 4.52. The number of carbonyl (C=O) groups is 1. The Morgan fingerprint density at radius 3 is 2.55 bits per heavy atom. The average molecular weight is 456 g/mol. The third-order valence-corrected chi connectivity index (χ3v) is 4.85. The average Bonchev–Trinajstić information content (AvgIpc) is 2.98. The fourth-order valence-electron chi connectivity index (χ4n) is 3.16. The van der Waals surface area contributed by atoms with Gasteiger partial charge in [-0.25, -0.2) is 9.78 Å². The van der Waals surface area contributed by atoms with Gasteiger partial charge in [0.15, 0.2) is 18.1 Å². The lowest BCUT2D eigenvalue weighted by atomic mass is 10.2. The quantitative estimate of drug-likeness (QED) is 0.466. The van der Waals surface area contributed by atoms with Gasteiger partial charge in [-0.05, 0) is 31.5 Å². The van der Waals surface area contributed by atoms with Gasteiger partial charge >= 0.3 is 12.1 Å². The molecule has 1 N–H and O–H groups in total. The Hall–Kier alpha value is -2.94. The van der Waals surface area contributed by atoms with Gasteiger partial charge in [0.25, 0.3) is 0 Å². The van der Waals surface area contributed by atoms with Crippen molar-refractivity contribution < 1.29 is 27.4 Å². The second-order valence-corrected chi connectivity index (χ2v) is 7.08. The normalized spacial score (nSPS) is 11.6. The minimum atomic E-state index is -4.58. The molecule has 0 fully saturated rings. The van der Waals surface area contributed by atoms with Gasteiger partial charge < -0.3 is 19.4 Å². The number of hydrogen-bond acceptors (Lipinski definition) is 5. The number of aromatic nitrogens is 2. The lowest BCUT2D eigenvalue weighted by Crippen LogP contribution is -2.20. The van der Waals surface area contributed by atoms with Crippen molar-refractivity contribution in [3.8, 4) is 5.75 Å². The van der Waals surface area contributed by atoms with E-state index in [2.05, 4.69) is 10.3 Å². The molecule has 0 aliphatic heterocycles. The van der Waals surface area contributed by atoms with Crippen LogP contribution in [-0.2, 0) is 18.2 Å². The molecule has 0 atom stereocenters. The second-order valence-electron chi connectivity index (χ2n) is 6.67. The van der Waals surface area contributed by atoms with E-state index < -0.39 is 18.8 Å². The largest absolute Gasteiger partial charge is 0.481 e. The van der Waals surface area contributed by atoms with E-state index in [1.165, 1.54) is 11.6 Å². The molecule has 0 saturated carbocycles. The number of anilines is 2. The standard InChI is InChI=1S/C21H21ClF3N3O3/c1-4-14-16(26-15-9-7-6-8-13(15)22)10-12-18(31-11-21(23,24)25)17(20(29)30-5-2)28(3)19(12)27-14/h6-10,26H,4-5,11H2,1-3H3. The third kappa shape index (κ3) is 4.87. The molecule has 31 heavy (non-hydrogen) atoms. The molecule has 0 aliphatic carbocycles. The maximum absolute atomic E-state index is 12.9. The Morgan fingerprint density at radius 1 is 1.23 bits per heavy atom. The predicted octanol–water partition coefficient (Wildman–Crippen LogP) is 5.65. The number of benzene rings is 1. The monoisotopic (exact) mass is 455 g/mol.